The van der Waals surface area contributed by atoms with E-state index in [1.54, 1.807) is 6.92 Å². The molecule has 0 fully saturated rings. The second-order valence-corrected chi connectivity index (χ2v) is 7.62. The molecule has 0 unspecified atom stereocenters. The molecule has 1 N–H and O–H groups in total. The van der Waals surface area contributed by atoms with Crippen molar-refractivity contribution in [2.75, 3.05) is 17.1 Å². The SMILES string of the molecule is CC[C@@H](C)NC(=O)CN(c1ccc(Cl)c(C(F)(F)F)c1)S(C)(=O)=O. The highest BCUT2D eigenvalue weighted by molar-refractivity contribution is 7.92. The number of hydrogen-bond acceptors (Lipinski definition) is 3. The first-order chi connectivity index (χ1) is 10.9. The van der Waals surface area contributed by atoms with E-state index in [0.717, 1.165) is 18.4 Å². The standard InChI is InChI=1S/C14H18ClF3N2O3S/c1-4-9(2)19-13(21)8-20(24(3,22)23)10-5-6-12(15)11(7-10)14(16,17)18/h5-7,9H,4,8H2,1-3H3,(H,19,21)/t9-/m1/s1. The minimum absolute atomic E-state index is 0.185. The van der Waals surface area contributed by atoms with Crippen LogP contribution in [-0.4, -0.2) is 33.2 Å². The molecule has 0 saturated heterocycles. The Morgan fingerprint density at radius 2 is 1.96 bits per heavy atom. The third-order valence-electron chi connectivity index (χ3n) is 3.25. The van der Waals surface area contributed by atoms with Crippen molar-refractivity contribution < 1.29 is 26.4 Å². The van der Waals surface area contributed by atoms with E-state index < -0.39 is 39.2 Å². The molecule has 0 aliphatic heterocycles. The fraction of sp³-hybridized carbons (Fsp3) is 0.500. The summed E-state index contributed by atoms with van der Waals surface area (Å²) in [5, 5.41) is 2.01. The second kappa shape index (κ2) is 7.60. The van der Waals surface area contributed by atoms with E-state index in [1.807, 2.05) is 6.92 Å². The Kier molecular flexibility index (Phi) is 6.52. The number of sulfonamides is 1. The molecule has 1 amide bonds. The van der Waals surface area contributed by atoms with Crippen LogP contribution >= 0.6 is 11.6 Å². The van der Waals surface area contributed by atoms with E-state index in [9.17, 15) is 26.4 Å². The van der Waals surface area contributed by atoms with Crippen molar-refractivity contribution in [2.45, 2.75) is 32.5 Å². The fourth-order valence-corrected chi connectivity index (χ4v) is 2.91. The van der Waals surface area contributed by atoms with Crippen molar-refractivity contribution in [1.82, 2.24) is 5.32 Å². The molecule has 0 saturated carbocycles. The number of alkyl halides is 3. The number of rotatable bonds is 6. The van der Waals surface area contributed by atoms with Gasteiger partial charge >= 0.3 is 6.18 Å². The molecule has 10 heteroatoms. The lowest BCUT2D eigenvalue weighted by atomic mass is 10.2. The second-order valence-electron chi connectivity index (χ2n) is 5.31. The van der Waals surface area contributed by atoms with Gasteiger partial charge in [-0.1, -0.05) is 18.5 Å². The number of benzene rings is 1. The van der Waals surface area contributed by atoms with Crippen molar-refractivity contribution in [2.24, 2.45) is 0 Å². The minimum atomic E-state index is -4.74. The number of carbonyl (C=O) groups is 1. The van der Waals surface area contributed by atoms with Gasteiger partial charge in [-0.25, -0.2) is 8.42 Å². The van der Waals surface area contributed by atoms with Crippen LogP contribution in [0.5, 0.6) is 0 Å². The van der Waals surface area contributed by atoms with Gasteiger partial charge in [0.25, 0.3) is 0 Å². The molecule has 1 aromatic rings. The van der Waals surface area contributed by atoms with Crippen molar-refractivity contribution in [1.29, 1.82) is 0 Å². The van der Waals surface area contributed by atoms with Crippen molar-refractivity contribution in [3.63, 3.8) is 0 Å². The monoisotopic (exact) mass is 386 g/mol. The van der Waals surface area contributed by atoms with Crippen LogP contribution in [0.4, 0.5) is 18.9 Å². The highest BCUT2D eigenvalue weighted by Gasteiger charge is 2.34. The molecule has 24 heavy (non-hydrogen) atoms. The van der Waals surface area contributed by atoms with Crippen LogP contribution in [0.3, 0.4) is 0 Å². The number of amides is 1. The van der Waals surface area contributed by atoms with E-state index in [4.69, 9.17) is 11.6 Å². The Labute approximate surface area is 143 Å². The zero-order valence-electron chi connectivity index (χ0n) is 13.3. The lowest BCUT2D eigenvalue weighted by Crippen LogP contribution is -2.43. The van der Waals surface area contributed by atoms with Gasteiger partial charge in [-0.05, 0) is 31.5 Å². The Morgan fingerprint density at radius 3 is 2.42 bits per heavy atom. The zero-order valence-corrected chi connectivity index (χ0v) is 14.9. The maximum atomic E-state index is 12.9. The van der Waals surface area contributed by atoms with Gasteiger partial charge in [0.15, 0.2) is 0 Å². The molecule has 136 valence electrons. The third-order valence-corrected chi connectivity index (χ3v) is 4.72. The van der Waals surface area contributed by atoms with Crippen LogP contribution in [0, 0.1) is 0 Å². The average molecular weight is 387 g/mol. The molecule has 0 radical (unpaired) electrons. The summed E-state index contributed by atoms with van der Waals surface area (Å²) in [6, 6.07) is 2.49. The molecule has 0 heterocycles. The van der Waals surface area contributed by atoms with Gasteiger partial charge < -0.3 is 5.32 Å². The molecule has 0 spiro atoms. The Hall–Kier alpha value is -1.48. The summed E-state index contributed by atoms with van der Waals surface area (Å²) >= 11 is 5.53. The Balaban J connectivity index is 3.22. The number of hydrogen-bond donors (Lipinski definition) is 1. The smallest absolute Gasteiger partial charge is 0.352 e. The Bertz CT molecular complexity index is 708. The predicted octanol–water partition coefficient (Wildman–Crippen LogP) is 3.04. The molecule has 0 aliphatic carbocycles. The maximum Gasteiger partial charge on any atom is 0.417 e. The average Bonchev–Trinajstić information content (AvgIpc) is 2.43. The summed E-state index contributed by atoms with van der Waals surface area (Å²) in [6.07, 6.45) is -3.30. The van der Waals surface area contributed by atoms with Crippen LogP contribution in [-0.2, 0) is 21.0 Å². The number of nitrogens with one attached hydrogen (secondary N) is 1. The molecule has 0 aromatic heterocycles. The first-order valence-electron chi connectivity index (χ1n) is 7.00. The summed E-state index contributed by atoms with van der Waals surface area (Å²) < 4.78 is 63.2. The quantitative estimate of drug-likeness (QED) is 0.817. The fourth-order valence-electron chi connectivity index (χ4n) is 1.84. The van der Waals surface area contributed by atoms with E-state index in [0.29, 0.717) is 16.8 Å². The molecular formula is C14H18ClF3N2O3S. The minimum Gasteiger partial charge on any atom is -0.352 e. The molecule has 0 aliphatic rings. The van der Waals surface area contributed by atoms with Crippen molar-refractivity contribution in [3.05, 3.63) is 28.8 Å². The third kappa shape index (κ3) is 5.55. The van der Waals surface area contributed by atoms with Gasteiger partial charge in [-0.2, -0.15) is 13.2 Å². The van der Waals surface area contributed by atoms with Crippen LogP contribution < -0.4 is 9.62 Å². The Morgan fingerprint density at radius 1 is 1.38 bits per heavy atom. The van der Waals surface area contributed by atoms with Crippen LogP contribution in [0.25, 0.3) is 0 Å². The number of anilines is 1. The van der Waals surface area contributed by atoms with Crippen LogP contribution in [0.15, 0.2) is 18.2 Å². The van der Waals surface area contributed by atoms with Crippen molar-refractivity contribution in [3.8, 4) is 0 Å². The molecule has 1 atom stereocenters. The number of halogens is 4. The van der Waals surface area contributed by atoms with Crippen LogP contribution in [0.1, 0.15) is 25.8 Å². The largest absolute Gasteiger partial charge is 0.417 e. The topological polar surface area (TPSA) is 66.5 Å². The normalized spacial score (nSPS) is 13.5. The summed E-state index contributed by atoms with van der Waals surface area (Å²) in [6.45, 7) is 2.93. The van der Waals surface area contributed by atoms with E-state index in [-0.39, 0.29) is 11.7 Å². The summed E-state index contributed by atoms with van der Waals surface area (Å²) in [7, 11) is -3.97. The first kappa shape index (κ1) is 20.6. The lowest BCUT2D eigenvalue weighted by molar-refractivity contribution is -0.137. The zero-order chi connectivity index (χ0) is 18.7. The van der Waals surface area contributed by atoms with Gasteiger partial charge in [0.05, 0.1) is 22.5 Å². The summed E-state index contributed by atoms with van der Waals surface area (Å²) in [4.78, 5) is 11.9. The molecular weight excluding hydrogens is 369 g/mol. The van der Waals surface area contributed by atoms with Gasteiger partial charge in [0.2, 0.25) is 15.9 Å². The lowest BCUT2D eigenvalue weighted by Gasteiger charge is -2.24. The number of carbonyl (C=O) groups excluding carboxylic acids is 1. The van der Waals surface area contributed by atoms with Gasteiger partial charge in [0, 0.05) is 6.04 Å². The van der Waals surface area contributed by atoms with Gasteiger partial charge in [-0.3, -0.25) is 9.10 Å². The van der Waals surface area contributed by atoms with E-state index in [1.165, 1.54) is 0 Å². The number of nitrogens with zero attached hydrogens (tertiary/aromatic N) is 1. The van der Waals surface area contributed by atoms with Gasteiger partial charge in [-0.15, -0.1) is 0 Å². The maximum absolute atomic E-state index is 12.9. The summed E-state index contributed by atoms with van der Waals surface area (Å²) in [5.41, 5.74) is -1.45. The molecule has 0 bridgehead atoms. The van der Waals surface area contributed by atoms with Crippen molar-refractivity contribution >= 4 is 33.2 Å². The van der Waals surface area contributed by atoms with Gasteiger partial charge in [0.1, 0.15) is 6.54 Å². The van der Waals surface area contributed by atoms with E-state index >= 15 is 0 Å². The first-order valence-corrected chi connectivity index (χ1v) is 9.22. The molecule has 1 rings (SSSR count). The molecule has 1 aromatic carbocycles. The van der Waals surface area contributed by atoms with E-state index in [2.05, 4.69) is 5.32 Å². The highest BCUT2D eigenvalue weighted by atomic mass is 35.5. The highest BCUT2D eigenvalue weighted by Crippen LogP contribution is 2.37. The predicted molar refractivity (Wildman–Crippen MR) is 86.5 cm³/mol. The molecule has 5 nitrogen and oxygen atoms in total. The van der Waals surface area contributed by atoms with Crippen LogP contribution in [0.2, 0.25) is 5.02 Å². The summed E-state index contributed by atoms with van der Waals surface area (Å²) in [5.74, 6) is -0.613.